The molecule has 0 radical (unpaired) electrons. The average Bonchev–Trinajstić information content (AvgIpc) is 3.36. The molecular weight excluding hydrogens is 566 g/mol. The Morgan fingerprint density at radius 3 is 2.42 bits per heavy atom. The highest BCUT2D eigenvalue weighted by Gasteiger charge is 2.30. The molecule has 3 heterocycles. The number of anilines is 2. The van der Waals surface area contributed by atoms with E-state index in [0.717, 1.165) is 29.3 Å². The van der Waals surface area contributed by atoms with Crippen molar-refractivity contribution in [2.75, 3.05) is 18.4 Å². The number of nitrogens with one attached hydrogen (secondary N) is 2. The van der Waals surface area contributed by atoms with Gasteiger partial charge in [0.25, 0.3) is 15.9 Å². The van der Waals surface area contributed by atoms with Crippen molar-refractivity contribution in [3.63, 3.8) is 0 Å². The summed E-state index contributed by atoms with van der Waals surface area (Å²) in [6.45, 7) is 1.83. The number of amides is 2. The van der Waals surface area contributed by atoms with Crippen molar-refractivity contribution in [2.24, 2.45) is 0 Å². The Hall–Kier alpha value is -4.10. The van der Waals surface area contributed by atoms with Gasteiger partial charge < -0.3 is 10.2 Å². The molecular formula is C26H23ClF2N6O4S. The van der Waals surface area contributed by atoms with Gasteiger partial charge in [0, 0.05) is 31.2 Å². The molecule has 1 aliphatic rings. The van der Waals surface area contributed by atoms with Crippen LogP contribution in [0.5, 0.6) is 0 Å². The minimum atomic E-state index is -4.32. The number of hydrogen-bond donors (Lipinski definition) is 2. The number of nitrogens with zero attached hydrogens (tertiary/aromatic N) is 4. The zero-order chi connectivity index (χ0) is 28.6. The second-order valence-corrected chi connectivity index (χ2v) is 11.4. The lowest BCUT2D eigenvalue weighted by atomic mass is 9.89. The van der Waals surface area contributed by atoms with Gasteiger partial charge in [0.15, 0.2) is 10.5 Å². The van der Waals surface area contributed by atoms with E-state index in [2.05, 4.69) is 15.4 Å². The maximum absolute atomic E-state index is 14.7. The maximum Gasteiger partial charge on any atom is 0.269 e. The Balaban J connectivity index is 1.51. The zero-order valence-corrected chi connectivity index (χ0v) is 22.6. The normalized spacial score (nSPS) is 14.3. The van der Waals surface area contributed by atoms with Crippen LogP contribution < -0.4 is 10.0 Å². The van der Waals surface area contributed by atoms with Crippen LogP contribution in [0.1, 0.15) is 41.6 Å². The largest absolute Gasteiger partial charge is 0.338 e. The summed E-state index contributed by atoms with van der Waals surface area (Å²) in [5.74, 6) is -2.13. The Bertz CT molecular complexity index is 1720. The molecule has 5 rings (SSSR count). The van der Waals surface area contributed by atoms with E-state index in [-0.39, 0.29) is 39.5 Å². The maximum atomic E-state index is 14.7. The number of benzene rings is 2. The molecule has 14 heteroatoms. The van der Waals surface area contributed by atoms with Gasteiger partial charge in [-0.2, -0.15) is 9.61 Å². The van der Waals surface area contributed by atoms with E-state index >= 15 is 0 Å². The van der Waals surface area contributed by atoms with Gasteiger partial charge in [-0.25, -0.2) is 26.9 Å². The highest BCUT2D eigenvalue weighted by molar-refractivity contribution is 7.90. The van der Waals surface area contributed by atoms with E-state index in [9.17, 15) is 26.8 Å². The van der Waals surface area contributed by atoms with Crippen LogP contribution in [0.15, 0.2) is 59.8 Å². The molecule has 2 aromatic heterocycles. The first kappa shape index (κ1) is 27.5. The lowest BCUT2D eigenvalue weighted by Crippen LogP contribution is -2.38. The van der Waals surface area contributed by atoms with Gasteiger partial charge in [0.1, 0.15) is 23.0 Å². The van der Waals surface area contributed by atoms with E-state index in [1.807, 2.05) is 4.72 Å². The Morgan fingerprint density at radius 2 is 1.75 bits per heavy atom. The smallest absolute Gasteiger partial charge is 0.269 e. The van der Waals surface area contributed by atoms with Crippen molar-refractivity contribution in [1.82, 2.24) is 24.2 Å². The van der Waals surface area contributed by atoms with Gasteiger partial charge in [0.05, 0.1) is 11.9 Å². The van der Waals surface area contributed by atoms with Gasteiger partial charge >= 0.3 is 0 Å². The molecule has 1 saturated heterocycles. The Kier molecular flexibility index (Phi) is 7.43. The molecule has 1 aliphatic heterocycles. The average molecular weight is 589 g/mol. The molecule has 0 bridgehead atoms. The van der Waals surface area contributed by atoms with Crippen molar-refractivity contribution in [1.29, 1.82) is 0 Å². The van der Waals surface area contributed by atoms with E-state index in [4.69, 9.17) is 11.6 Å². The summed E-state index contributed by atoms with van der Waals surface area (Å²) >= 11 is 6.05. The minimum Gasteiger partial charge on any atom is -0.338 e. The molecule has 0 aliphatic carbocycles. The third-order valence-corrected chi connectivity index (χ3v) is 8.26. The number of likely N-dealkylation sites (tertiary alicyclic amines) is 1. The molecule has 10 nitrogen and oxygen atoms in total. The number of fused-ring (bicyclic) bond motifs is 1. The van der Waals surface area contributed by atoms with E-state index in [1.165, 1.54) is 30.5 Å². The molecule has 0 atom stereocenters. The van der Waals surface area contributed by atoms with Crippen LogP contribution in [0, 0.1) is 11.6 Å². The fourth-order valence-electron chi connectivity index (χ4n) is 4.66. The van der Waals surface area contributed by atoms with Crippen molar-refractivity contribution in [3.05, 3.63) is 82.6 Å². The highest BCUT2D eigenvalue weighted by Crippen LogP contribution is 2.32. The van der Waals surface area contributed by atoms with Gasteiger partial charge in [-0.15, -0.1) is 0 Å². The van der Waals surface area contributed by atoms with E-state index < -0.39 is 32.6 Å². The topological polar surface area (TPSA) is 126 Å². The summed E-state index contributed by atoms with van der Waals surface area (Å²) in [4.78, 5) is 30.5. The number of sulfonamides is 1. The Morgan fingerprint density at radius 1 is 1.05 bits per heavy atom. The Labute approximate surface area is 233 Å². The van der Waals surface area contributed by atoms with E-state index in [0.29, 0.717) is 25.9 Å². The molecule has 1 fully saturated rings. The summed E-state index contributed by atoms with van der Waals surface area (Å²) in [5, 5.41) is 7.14. The highest BCUT2D eigenvalue weighted by atomic mass is 35.5. The van der Waals surface area contributed by atoms with E-state index in [1.54, 1.807) is 17.0 Å². The molecule has 0 saturated carbocycles. The van der Waals surface area contributed by atoms with Crippen LogP contribution in [0.2, 0.25) is 5.02 Å². The molecule has 0 unspecified atom stereocenters. The van der Waals surface area contributed by atoms with Crippen LogP contribution in [-0.4, -0.2) is 52.8 Å². The van der Waals surface area contributed by atoms with Crippen molar-refractivity contribution in [2.45, 2.75) is 30.6 Å². The van der Waals surface area contributed by atoms with Crippen LogP contribution in [-0.2, 0) is 14.8 Å². The summed E-state index contributed by atoms with van der Waals surface area (Å²) < 4.78 is 56.3. The lowest BCUT2D eigenvalue weighted by Gasteiger charge is -2.32. The quantitative estimate of drug-likeness (QED) is 0.345. The fraction of sp³-hybridized carbons (Fsp3) is 0.231. The number of piperidine rings is 1. The van der Waals surface area contributed by atoms with Crippen molar-refractivity contribution in [3.8, 4) is 0 Å². The molecule has 0 spiro atoms. The van der Waals surface area contributed by atoms with Crippen molar-refractivity contribution >= 4 is 50.6 Å². The van der Waals surface area contributed by atoms with Crippen LogP contribution in [0.3, 0.4) is 0 Å². The third kappa shape index (κ3) is 5.47. The summed E-state index contributed by atoms with van der Waals surface area (Å²) in [6, 6.07) is 10.1. The van der Waals surface area contributed by atoms with Gasteiger partial charge in [-0.1, -0.05) is 23.7 Å². The molecule has 2 N–H and O–H groups in total. The van der Waals surface area contributed by atoms with Gasteiger partial charge in [-0.3, -0.25) is 9.59 Å². The zero-order valence-electron chi connectivity index (χ0n) is 21.1. The van der Waals surface area contributed by atoms with Gasteiger partial charge in [-0.05, 0) is 54.7 Å². The second-order valence-electron chi connectivity index (χ2n) is 9.29. The number of aromatic nitrogens is 3. The monoisotopic (exact) mass is 588 g/mol. The van der Waals surface area contributed by atoms with Crippen LogP contribution in [0.25, 0.3) is 5.65 Å². The summed E-state index contributed by atoms with van der Waals surface area (Å²) in [7, 11) is -4.32. The van der Waals surface area contributed by atoms with Crippen LogP contribution >= 0.6 is 11.6 Å². The predicted octanol–water partition coefficient (Wildman–Crippen LogP) is 4.25. The lowest BCUT2D eigenvalue weighted by molar-refractivity contribution is -0.117. The second kappa shape index (κ2) is 10.8. The van der Waals surface area contributed by atoms with Crippen molar-refractivity contribution < 1.29 is 26.8 Å². The standard InChI is InChI=1S/C26H23ClF2N6O4S/c1-15(36)33-40(38,39)23-14-31-35-24(32-22-12-18(27)4-7-21(22)29)20(13-30-25(23)35)26(37)34-10-8-17(9-11-34)16-2-5-19(28)6-3-16/h2-7,12-14,17,32H,8-11H2,1H3,(H,33,36). The summed E-state index contributed by atoms with van der Waals surface area (Å²) in [5.41, 5.74) is 0.731. The first-order chi connectivity index (χ1) is 19.0. The molecule has 2 amide bonds. The molecule has 2 aromatic carbocycles. The molecule has 208 valence electrons. The first-order valence-corrected chi connectivity index (χ1v) is 14.1. The first-order valence-electron chi connectivity index (χ1n) is 12.2. The third-order valence-electron chi connectivity index (χ3n) is 6.60. The SMILES string of the molecule is CC(=O)NS(=O)(=O)c1cnn2c(Nc3cc(Cl)ccc3F)c(C(=O)N3CCC(c4ccc(F)cc4)CC3)cnc12. The summed E-state index contributed by atoms with van der Waals surface area (Å²) in [6.07, 6.45) is 3.44. The minimum absolute atomic E-state index is 0.0127. The number of carbonyl (C=O) groups excluding carboxylic acids is 2. The number of halogens is 3. The fourth-order valence-corrected chi connectivity index (χ4v) is 5.89. The number of carbonyl (C=O) groups is 2. The predicted molar refractivity (Wildman–Crippen MR) is 143 cm³/mol. The molecule has 4 aromatic rings. The van der Waals surface area contributed by atoms with Gasteiger partial charge in [0.2, 0.25) is 5.91 Å². The number of rotatable bonds is 6. The van der Waals surface area contributed by atoms with Crippen LogP contribution in [0.4, 0.5) is 20.3 Å². The molecule has 40 heavy (non-hydrogen) atoms. The number of hydrogen-bond acceptors (Lipinski definition) is 7.